The number of carboxylic acid groups (broad SMARTS) is 1. The van der Waals surface area contributed by atoms with Gasteiger partial charge in [0, 0.05) is 10.6 Å². The Morgan fingerprint density at radius 1 is 1.15 bits per heavy atom. The van der Waals surface area contributed by atoms with Crippen molar-refractivity contribution in [3.8, 4) is 5.75 Å². The largest absolute Gasteiger partial charge is 0.488 e. The normalized spacial score (nSPS) is 14.7. The summed E-state index contributed by atoms with van der Waals surface area (Å²) in [6.45, 7) is 2.16. The third-order valence-corrected chi connectivity index (χ3v) is 6.56. The third-order valence-electron chi connectivity index (χ3n) is 5.00. The van der Waals surface area contributed by atoms with Crippen LogP contribution in [0, 0.1) is 6.92 Å². The average molecular weight is 496 g/mol. The number of carbonyl (C=O) groups is 2. The molecular formula is C25H18ClNO4S2. The molecule has 0 unspecified atom stereocenters. The molecule has 1 N–H and O–H groups in total. The zero-order chi connectivity index (χ0) is 23.5. The monoisotopic (exact) mass is 495 g/mol. The van der Waals surface area contributed by atoms with Crippen LogP contribution in [0.1, 0.15) is 27.0 Å². The van der Waals surface area contributed by atoms with E-state index in [2.05, 4.69) is 0 Å². The first-order valence-corrected chi connectivity index (χ1v) is 11.5. The van der Waals surface area contributed by atoms with Crippen molar-refractivity contribution < 1.29 is 19.4 Å². The average Bonchev–Trinajstić information content (AvgIpc) is 3.07. The van der Waals surface area contributed by atoms with Crippen LogP contribution in [0.5, 0.6) is 5.75 Å². The smallest absolute Gasteiger partial charge is 0.335 e. The highest BCUT2D eigenvalue weighted by atomic mass is 35.5. The lowest BCUT2D eigenvalue weighted by molar-refractivity contribution is -0.113. The van der Waals surface area contributed by atoms with E-state index < -0.39 is 5.97 Å². The molecule has 1 heterocycles. The van der Waals surface area contributed by atoms with Crippen molar-refractivity contribution in [2.75, 3.05) is 4.90 Å². The summed E-state index contributed by atoms with van der Waals surface area (Å²) < 4.78 is 6.33. The predicted molar refractivity (Wildman–Crippen MR) is 136 cm³/mol. The van der Waals surface area contributed by atoms with Crippen LogP contribution in [0.4, 0.5) is 5.69 Å². The number of carboxylic acids is 1. The molecule has 33 heavy (non-hydrogen) atoms. The number of nitrogens with zero attached hydrogens (tertiary/aromatic N) is 1. The summed E-state index contributed by atoms with van der Waals surface area (Å²) in [5.41, 5.74) is 3.02. The molecule has 1 saturated heterocycles. The molecule has 5 nitrogen and oxygen atoms in total. The quantitative estimate of drug-likeness (QED) is 0.318. The fourth-order valence-electron chi connectivity index (χ4n) is 3.27. The van der Waals surface area contributed by atoms with Crippen LogP contribution in [-0.4, -0.2) is 21.3 Å². The van der Waals surface area contributed by atoms with Gasteiger partial charge in [-0.25, -0.2) is 4.79 Å². The molecule has 3 aromatic carbocycles. The van der Waals surface area contributed by atoms with E-state index in [1.165, 1.54) is 28.8 Å². The number of benzene rings is 3. The van der Waals surface area contributed by atoms with Crippen molar-refractivity contribution in [1.82, 2.24) is 0 Å². The highest BCUT2D eigenvalue weighted by Gasteiger charge is 2.34. The fourth-order valence-corrected chi connectivity index (χ4v) is 4.67. The highest BCUT2D eigenvalue weighted by Crippen LogP contribution is 2.38. The van der Waals surface area contributed by atoms with Crippen molar-refractivity contribution in [2.45, 2.75) is 13.5 Å². The molecule has 0 atom stereocenters. The van der Waals surface area contributed by atoms with Gasteiger partial charge in [-0.2, -0.15) is 0 Å². The van der Waals surface area contributed by atoms with Gasteiger partial charge in [-0.05, 0) is 54.5 Å². The van der Waals surface area contributed by atoms with Crippen molar-refractivity contribution >= 4 is 63.5 Å². The van der Waals surface area contributed by atoms with Gasteiger partial charge in [0.25, 0.3) is 5.91 Å². The Balaban J connectivity index is 1.60. The zero-order valence-corrected chi connectivity index (χ0v) is 19.8. The Morgan fingerprint density at radius 2 is 1.88 bits per heavy atom. The minimum atomic E-state index is -1.07. The van der Waals surface area contributed by atoms with E-state index in [1.807, 2.05) is 43.3 Å². The molecule has 0 spiro atoms. The van der Waals surface area contributed by atoms with E-state index in [9.17, 15) is 14.7 Å². The number of hydrogen-bond donors (Lipinski definition) is 1. The summed E-state index contributed by atoms with van der Waals surface area (Å²) in [5, 5.41) is 9.98. The lowest BCUT2D eigenvalue weighted by Crippen LogP contribution is -2.28. The van der Waals surface area contributed by atoms with Gasteiger partial charge in [-0.15, -0.1) is 0 Å². The fraction of sp³-hybridized carbons (Fsp3) is 0.0800. The number of thioether (sulfide) groups is 1. The van der Waals surface area contributed by atoms with Crippen LogP contribution >= 0.6 is 35.6 Å². The number of hydrogen-bond acceptors (Lipinski definition) is 5. The van der Waals surface area contributed by atoms with Gasteiger partial charge in [-0.1, -0.05) is 72.0 Å². The van der Waals surface area contributed by atoms with Crippen LogP contribution in [-0.2, 0) is 11.4 Å². The first-order valence-electron chi connectivity index (χ1n) is 9.91. The van der Waals surface area contributed by atoms with Crippen molar-refractivity contribution in [3.63, 3.8) is 0 Å². The zero-order valence-electron chi connectivity index (χ0n) is 17.4. The second-order valence-corrected chi connectivity index (χ2v) is 9.39. The molecule has 3 aromatic rings. The molecule has 0 aliphatic carbocycles. The van der Waals surface area contributed by atoms with Crippen LogP contribution < -0.4 is 9.64 Å². The maximum absolute atomic E-state index is 13.2. The topological polar surface area (TPSA) is 66.8 Å². The number of halogens is 1. The Hall–Kier alpha value is -3.13. The van der Waals surface area contributed by atoms with Crippen molar-refractivity contribution in [1.29, 1.82) is 0 Å². The van der Waals surface area contributed by atoms with Gasteiger partial charge >= 0.3 is 5.97 Å². The van der Waals surface area contributed by atoms with E-state index >= 15 is 0 Å². The number of amides is 1. The number of aryl methyl sites for hydroxylation is 1. The predicted octanol–water partition coefficient (Wildman–Crippen LogP) is 6.33. The van der Waals surface area contributed by atoms with Gasteiger partial charge in [0.2, 0.25) is 0 Å². The molecule has 4 rings (SSSR count). The minimum Gasteiger partial charge on any atom is -0.488 e. The van der Waals surface area contributed by atoms with Gasteiger partial charge in [0.15, 0.2) is 4.32 Å². The van der Waals surface area contributed by atoms with Crippen LogP contribution in [0.15, 0.2) is 71.6 Å². The van der Waals surface area contributed by atoms with Crippen molar-refractivity contribution in [2.24, 2.45) is 0 Å². The van der Waals surface area contributed by atoms with Gasteiger partial charge in [0.1, 0.15) is 12.4 Å². The summed E-state index contributed by atoms with van der Waals surface area (Å²) >= 11 is 12.6. The summed E-state index contributed by atoms with van der Waals surface area (Å²) in [6, 6.07) is 19.5. The van der Waals surface area contributed by atoms with E-state index in [1.54, 1.807) is 24.3 Å². The lowest BCUT2D eigenvalue weighted by Gasteiger charge is -2.17. The molecule has 1 amide bonds. The summed E-state index contributed by atoms with van der Waals surface area (Å²) in [7, 11) is 0. The molecule has 0 saturated carbocycles. The lowest BCUT2D eigenvalue weighted by atomic mass is 10.1. The summed E-state index contributed by atoms with van der Waals surface area (Å²) in [5.74, 6) is -0.742. The third kappa shape index (κ3) is 5.11. The Labute approximate surface area is 205 Å². The van der Waals surface area contributed by atoms with Gasteiger partial charge in [0.05, 0.1) is 16.2 Å². The van der Waals surface area contributed by atoms with Crippen LogP contribution in [0.25, 0.3) is 6.08 Å². The molecule has 8 heteroatoms. The van der Waals surface area contributed by atoms with Crippen molar-refractivity contribution in [3.05, 3.63) is 98.9 Å². The Kier molecular flexibility index (Phi) is 6.83. The maximum atomic E-state index is 13.2. The summed E-state index contributed by atoms with van der Waals surface area (Å²) in [6.07, 6.45) is 1.74. The maximum Gasteiger partial charge on any atom is 0.335 e. The molecule has 0 aromatic heterocycles. The number of para-hydroxylation sites is 1. The number of rotatable bonds is 6. The SMILES string of the molecule is Cc1ccc(C(=O)O)cc1N1C(=O)C(=Cc2ccccc2OCc2ccc(Cl)cc2)SC1=S. The molecule has 166 valence electrons. The van der Waals surface area contributed by atoms with Crippen LogP contribution in [0.3, 0.4) is 0 Å². The minimum absolute atomic E-state index is 0.0922. The number of thiocarbonyl (C=S) groups is 1. The van der Waals surface area contributed by atoms with Gasteiger partial charge < -0.3 is 9.84 Å². The molecular weight excluding hydrogens is 478 g/mol. The standard InChI is InChI=1S/C25H18ClNO4S2/c1-15-6-9-18(24(29)30)12-20(15)27-23(28)22(33-25(27)32)13-17-4-2-3-5-21(17)31-14-16-7-10-19(26)11-8-16/h2-13H,14H2,1H3,(H,29,30). The Morgan fingerprint density at radius 3 is 2.61 bits per heavy atom. The second kappa shape index (κ2) is 9.79. The highest BCUT2D eigenvalue weighted by molar-refractivity contribution is 8.27. The molecule has 0 radical (unpaired) electrons. The first kappa shape index (κ1) is 23.0. The van der Waals surface area contributed by atoms with E-state index in [0.29, 0.717) is 32.3 Å². The number of ether oxygens (including phenoxy) is 1. The number of anilines is 1. The summed E-state index contributed by atoms with van der Waals surface area (Å²) in [4.78, 5) is 26.4. The van der Waals surface area contributed by atoms with E-state index in [4.69, 9.17) is 28.6 Å². The van der Waals surface area contributed by atoms with Crippen LogP contribution in [0.2, 0.25) is 5.02 Å². The second-order valence-electron chi connectivity index (χ2n) is 7.28. The Bertz CT molecular complexity index is 1290. The molecule has 1 aliphatic heterocycles. The van der Waals surface area contributed by atoms with Gasteiger partial charge in [-0.3, -0.25) is 9.69 Å². The number of aromatic carboxylic acids is 1. The molecule has 1 fully saturated rings. The number of carbonyl (C=O) groups excluding carboxylic acids is 1. The molecule has 0 bridgehead atoms. The first-order chi connectivity index (χ1) is 15.8. The molecule has 1 aliphatic rings. The van der Waals surface area contributed by atoms with E-state index in [-0.39, 0.29) is 11.5 Å². The van der Waals surface area contributed by atoms with E-state index in [0.717, 1.165) is 16.7 Å².